The number of carbonyl (C=O) groups is 1. The van der Waals surface area contributed by atoms with Gasteiger partial charge in [-0.1, -0.05) is 20.8 Å². The van der Waals surface area contributed by atoms with Crippen molar-refractivity contribution in [2.75, 3.05) is 38.6 Å². The van der Waals surface area contributed by atoms with Crippen molar-refractivity contribution in [1.82, 2.24) is 9.80 Å². The quantitative estimate of drug-likeness (QED) is 0.665. The molecule has 0 aromatic rings. The minimum absolute atomic E-state index is 0.184. The predicted molar refractivity (Wildman–Crippen MR) is 105 cm³/mol. The zero-order chi connectivity index (χ0) is 19.3. The van der Waals surface area contributed by atoms with Crippen molar-refractivity contribution < 1.29 is 19.7 Å². The van der Waals surface area contributed by atoms with Gasteiger partial charge in [0, 0.05) is 19.6 Å². The molecule has 1 fully saturated rings. The van der Waals surface area contributed by atoms with Crippen LogP contribution in [0.15, 0.2) is 23.0 Å². The Morgan fingerprint density at radius 1 is 1.38 bits per heavy atom. The molecule has 1 saturated heterocycles. The molecule has 2 rings (SSSR count). The van der Waals surface area contributed by atoms with E-state index >= 15 is 0 Å². The highest BCUT2D eigenvalue weighted by atomic mass is 32.2. The van der Waals surface area contributed by atoms with E-state index in [2.05, 4.69) is 9.80 Å². The molecule has 7 heteroatoms. The Labute approximate surface area is 160 Å². The van der Waals surface area contributed by atoms with Crippen LogP contribution in [0.4, 0.5) is 0 Å². The molecule has 6 nitrogen and oxygen atoms in total. The van der Waals surface area contributed by atoms with E-state index < -0.39 is 12.1 Å². The summed E-state index contributed by atoms with van der Waals surface area (Å²) in [4.78, 5) is 16.4. The summed E-state index contributed by atoms with van der Waals surface area (Å²) in [5, 5.41) is 19.8. The van der Waals surface area contributed by atoms with Crippen LogP contribution in [0.2, 0.25) is 0 Å². The fourth-order valence-electron chi connectivity index (χ4n) is 3.33. The number of carboxylic acid groups (broad SMARTS) is 1. The van der Waals surface area contributed by atoms with Gasteiger partial charge in [0.2, 0.25) is 0 Å². The first kappa shape index (κ1) is 21.1. The number of ether oxygens (including phenoxy) is 1. The minimum atomic E-state index is -0.861. The van der Waals surface area contributed by atoms with Crippen molar-refractivity contribution in [2.45, 2.75) is 45.6 Å². The summed E-state index contributed by atoms with van der Waals surface area (Å²) in [5.74, 6) is 1.20. The summed E-state index contributed by atoms with van der Waals surface area (Å²) in [6, 6.07) is 0. The third-order valence-electron chi connectivity index (χ3n) is 4.92. The van der Waals surface area contributed by atoms with E-state index in [0.29, 0.717) is 31.8 Å². The molecule has 2 unspecified atom stereocenters. The monoisotopic (exact) mass is 384 g/mol. The highest BCUT2D eigenvalue weighted by Crippen LogP contribution is 2.35. The molecule has 2 aliphatic heterocycles. The molecule has 0 aromatic heterocycles. The number of rotatable bonds is 8. The third kappa shape index (κ3) is 4.96. The van der Waals surface area contributed by atoms with Crippen LogP contribution in [-0.4, -0.2) is 76.1 Å². The van der Waals surface area contributed by atoms with Crippen LogP contribution in [0.25, 0.3) is 0 Å². The van der Waals surface area contributed by atoms with Crippen molar-refractivity contribution in [2.24, 2.45) is 5.92 Å². The Balaban J connectivity index is 2.34. The average Bonchev–Trinajstić information content (AvgIpc) is 2.60. The van der Waals surface area contributed by atoms with Gasteiger partial charge in [-0.2, -0.15) is 0 Å². The third-order valence-corrected chi connectivity index (χ3v) is 6.06. The molecule has 2 aliphatic rings. The van der Waals surface area contributed by atoms with Gasteiger partial charge in [-0.3, -0.25) is 0 Å². The van der Waals surface area contributed by atoms with E-state index in [0.717, 1.165) is 30.2 Å². The van der Waals surface area contributed by atoms with Crippen LogP contribution in [0.5, 0.6) is 0 Å². The van der Waals surface area contributed by atoms with Gasteiger partial charge in [-0.25, -0.2) is 4.79 Å². The van der Waals surface area contributed by atoms with Crippen LogP contribution in [0.3, 0.4) is 0 Å². The number of aliphatic hydroxyl groups is 1. The van der Waals surface area contributed by atoms with Crippen molar-refractivity contribution >= 4 is 17.7 Å². The van der Waals surface area contributed by atoms with E-state index in [1.165, 1.54) is 0 Å². The lowest BCUT2D eigenvalue weighted by atomic mass is 10.0. The second kappa shape index (κ2) is 9.67. The van der Waals surface area contributed by atoms with Crippen LogP contribution in [0.1, 0.15) is 34.1 Å². The van der Waals surface area contributed by atoms with Gasteiger partial charge < -0.3 is 24.7 Å². The molecular formula is C19H32N2O4S. The molecule has 0 saturated carbocycles. The largest absolute Gasteiger partial charge is 0.478 e. The molecule has 2 heterocycles. The van der Waals surface area contributed by atoms with Crippen LogP contribution < -0.4 is 0 Å². The number of allylic oxidation sites excluding steroid dienone is 2. The van der Waals surface area contributed by atoms with Gasteiger partial charge in [-0.15, -0.1) is 11.8 Å². The highest BCUT2D eigenvalue weighted by molar-refractivity contribution is 8.00. The summed E-state index contributed by atoms with van der Waals surface area (Å²) in [5.41, 5.74) is 1.26. The number of aliphatic hydroxyl groups excluding tert-OH is 1. The molecule has 0 amide bonds. The zero-order valence-corrected chi connectivity index (χ0v) is 17.1. The number of hydrogen-bond acceptors (Lipinski definition) is 6. The van der Waals surface area contributed by atoms with Crippen molar-refractivity contribution in [1.29, 1.82) is 0 Å². The molecule has 0 aromatic carbocycles. The van der Waals surface area contributed by atoms with Crippen molar-refractivity contribution in [3.63, 3.8) is 0 Å². The maximum Gasteiger partial charge on any atom is 0.334 e. The Morgan fingerprint density at radius 2 is 2.04 bits per heavy atom. The van der Waals surface area contributed by atoms with E-state index in [-0.39, 0.29) is 11.3 Å². The molecule has 26 heavy (non-hydrogen) atoms. The molecule has 148 valence electrons. The summed E-state index contributed by atoms with van der Waals surface area (Å²) in [6.45, 7) is 11.5. The maximum absolute atomic E-state index is 11.9. The first-order chi connectivity index (χ1) is 12.4. The van der Waals surface area contributed by atoms with Gasteiger partial charge in [0.05, 0.1) is 24.9 Å². The Kier molecular flexibility index (Phi) is 7.85. The van der Waals surface area contributed by atoms with Gasteiger partial charge in [0.15, 0.2) is 0 Å². The first-order valence-electron chi connectivity index (χ1n) is 9.41. The molecule has 0 spiro atoms. The standard InChI is InChI=1S/C19H32N2O4S/c1-5-26-18-17(19(23)24)14(4)12-16(20-8-10-25-11-9-20)21(18)7-6-15(22)13(2)3/h12-13,15,18,22H,5-11H2,1-4H3,(H,23,24). The van der Waals surface area contributed by atoms with Gasteiger partial charge in [0.1, 0.15) is 11.2 Å². The minimum Gasteiger partial charge on any atom is -0.478 e. The molecule has 2 N–H and O–H groups in total. The van der Waals surface area contributed by atoms with Gasteiger partial charge in [0.25, 0.3) is 0 Å². The number of thioether (sulfide) groups is 1. The van der Waals surface area contributed by atoms with Crippen LogP contribution in [0, 0.1) is 5.92 Å². The Morgan fingerprint density at radius 3 is 2.58 bits per heavy atom. The van der Waals surface area contributed by atoms with Crippen molar-refractivity contribution in [3.05, 3.63) is 23.0 Å². The van der Waals surface area contributed by atoms with Gasteiger partial charge in [-0.05, 0) is 36.7 Å². The Bertz CT molecular complexity index is 556. The number of morpholine rings is 1. The fourth-order valence-corrected chi connectivity index (χ4v) is 4.49. The lowest BCUT2D eigenvalue weighted by Gasteiger charge is -2.44. The van der Waals surface area contributed by atoms with Crippen LogP contribution in [-0.2, 0) is 9.53 Å². The summed E-state index contributed by atoms with van der Waals surface area (Å²) >= 11 is 1.64. The zero-order valence-electron chi connectivity index (χ0n) is 16.3. The number of aliphatic carboxylic acids is 1. The molecule has 0 aliphatic carbocycles. The summed E-state index contributed by atoms with van der Waals surface area (Å²) in [7, 11) is 0. The van der Waals surface area contributed by atoms with Crippen molar-refractivity contribution in [3.8, 4) is 0 Å². The second-order valence-electron chi connectivity index (χ2n) is 7.10. The highest BCUT2D eigenvalue weighted by Gasteiger charge is 2.35. The smallest absolute Gasteiger partial charge is 0.334 e. The molecule has 0 radical (unpaired) electrons. The van der Waals surface area contributed by atoms with Gasteiger partial charge >= 0.3 is 5.97 Å². The lowest BCUT2D eigenvalue weighted by Crippen LogP contribution is -2.48. The first-order valence-corrected chi connectivity index (χ1v) is 10.5. The maximum atomic E-state index is 11.9. The van der Waals surface area contributed by atoms with Crippen LogP contribution >= 0.6 is 11.8 Å². The van der Waals surface area contributed by atoms with E-state index in [1.807, 2.05) is 33.8 Å². The normalized spacial score (nSPS) is 22.7. The summed E-state index contributed by atoms with van der Waals surface area (Å²) < 4.78 is 5.48. The lowest BCUT2D eigenvalue weighted by molar-refractivity contribution is -0.133. The van der Waals surface area contributed by atoms with E-state index in [4.69, 9.17) is 4.74 Å². The Hall–Kier alpha value is -1.18. The average molecular weight is 385 g/mol. The number of carboxylic acids is 1. The SMILES string of the molecule is CCSC1C(C(=O)O)=C(C)C=C(N2CCOCC2)N1CCC(O)C(C)C. The number of nitrogens with zero attached hydrogens (tertiary/aromatic N) is 2. The van der Waals surface area contributed by atoms with E-state index in [9.17, 15) is 15.0 Å². The molecule has 2 atom stereocenters. The topological polar surface area (TPSA) is 73.2 Å². The molecular weight excluding hydrogens is 352 g/mol. The second-order valence-corrected chi connectivity index (χ2v) is 8.46. The predicted octanol–water partition coefficient (Wildman–Crippen LogP) is 2.36. The number of hydrogen-bond donors (Lipinski definition) is 2. The molecule has 0 bridgehead atoms. The fraction of sp³-hybridized carbons (Fsp3) is 0.737. The van der Waals surface area contributed by atoms with E-state index in [1.54, 1.807) is 11.8 Å². The summed E-state index contributed by atoms with van der Waals surface area (Å²) in [6.07, 6.45) is 2.21.